The predicted molar refractivity (Wildman–Crippen MR) is 77.6 cm³/mol. The average Bonchev–Trinajstić information content (AvgIpc) is 2.36. The lowest BCUT2D eigenvalue weighted by Crippen LogP contribution is -2.09. The first kappa shape index (κ1) is 16.7. The van der Waals surface area contributed by atoms with Gasteiger partial charge in [0.05, 0.1) is 5.92 Å². The van der Waals surface area contributed by atoms with Crippen LogP contribution in [0.5, 0.6) is 0 Å². The maximum absolute atomic E-state index is 10.8. The van der Waals surface area contributed by atoms with Crippen molar-refractivity contribution in [2.45, 2.75) is 52.9 Å². The minimum absolute atomic E-state index is 0.423. The van der Waals surface area contributed by atoms with Crippen molar-refractivity contribution in [3.8, 4) is 0 Å². The number of carbonyl (C=O) groups is 1. The van der Waals surface area contributed by atoms with Gasteiger partial charge in [-0.2, -0.15) is 0 Å². The second-order valence-corrected chi connectivity index (χ2v) is 4.52. The molecule has 1 N–H and O–H groups in total. The molecule has 0 heterocycles. The Morgan fingerprint density at radius 2 is 1.94 bits per heavy atom. The van der Waals surface area contributed by atoms with E-state index in [0.717, 1.165) is 25.7 Å². The molecule has 0 spiro atoms. The summed E-state index contributed by atoms with van der Waals surface area (Å²) in [6.45, 7) is 10.1. The Morgan fingerprint density at radius 1 is 1.28 bits per heavy atom. The first-order chi connectivity index (χ1) is 8.56. The van der Waals surface area contributed by atoms with Gasteiger partial charge in [-0.1, -0.05) is 43.2 Å². The van der Waals surface area contributed by atoms with Crippen molar-refractivity contribution in [3.05, 3.63) is 36.0 Å². The molecule has 18 heavy (non-hydrogen) atoms. The molecular formula is C16H26O2. The van der Waals surface area contributed by atoms with Crippen molar-refractivity contribution in [3.63, 3.8) is 0 Å². The van der Waals surface area contributed by atoms with Crippen molar-refractivity contribution in [1.29, 1.82) is 0 Å². The Balaban J connectivity index is 4.12. The summed E-state index contributed by atoms with van der Waals surface area (Å²) in [5.41, 5.74) is 2.96. The highest BCUT2D eigenvalue weighted by atomic mass is 16.4. The van der Waals surface area contributed by atoms with Gasteiger partial charge in [-0.05, 0) is 39.0 Å². The smallest absolute Gasteiger partial charge is 0.310 e. The van der Waals surface area contributed by atoms with E-state index in [2.05, 4.69) is 39.5 Å². The van der Waals surface area contributed by atoms with E-state index in [4.69, 9.17) is 5.11 Å². The molecule has 1 atom stereocenters. The highest BCUT2D eigenvalue weighted by Gasteiger charge is 2.10. The van der Waals surface area contributed by atoms with Crippen LogP contribution in [0.25, 0.3) is 0 Å². The van der Waals surface area contributed by atoms with Crippen LogP contribution in [0.2, 0.25) is 0 Å². The molecule has 0 amide bonds. The van der Waals surface area contributed by atoms with Gasteiger partial charge in [-0.15, -0.1) is 6.58 Å². The molecule has 0 fully saturated rings. The molecule has 0 aliphatic heterocycles. The average molecular weight is 250 g/mol. The van der Waals surface area contributed by atoms with Gasteiger partial charge in [0.2, 0.25) is 0 Å². The van der Waals surface area contributed by atoms with Crippen molar-refractivity contribution in [2.75, 3.05) is 0 Å². The van der Waals surface area contributed by atoms with Gasteiger partial charge in [0, 0.05) is 0 Å². The Kier molecular flexibility index (Phi) is 8.99. The standard InChI is InChI=1S/C16H26O2/c1-5-13(4)14(6-2)11-9-8-10-12-15(7-3)16(17)18/h7-9,15H,3,5-6,10-12H2,1-2,4H3,(H,17,18)/b9-8+,14-13+. The number of allylic oxidation sites excluding steroid dienone is 4. The topological polar surface area (TPSA) is 37.3 Å². The number of carboxylic acid groups (broad SMARTS) is 1. The third-order valence-electron chi connectivity index (χ3n) is 3.34. The molecule has 0 radical (unpaired) electrons. The zero-order chi connectivity index (χ0) is 14.0. The lowest BCUT2D eigenvalue weighted by Gasteiger charge is -2.06. The van der Waals surface area contributed by atoms with Gasteiger partial charge in [-0.25, -0.2) is 0 Å². The summed E-state index contributed by atoms with van der Waals surface area (Å²) in [5.74, 6) is -1.21. The van der Waals surface area contributed by atoms with Crippen LogP contribution in [0.15, 0.2) is 36.0 Å². The van der Waals surface area contributed by atoms with E-state index in [1.807, 2.05) is 0 Å². The second kappa shape index (κ2) is 9.69. The summed E-state index contributed by atoms with van der Waals surface area (Å²) < 4.78 is 0. The zero-order valence-electron chi connectivity index (χ0n) is 11.9. The normalized spacial score (nSPS) is 14.4. The first-order valence-electron chi connectivity index (χ1n) is 6.74. The number of hydrogen-bond donors (Lipinski definition) is 1. The molecule has 0 aromatic rings. The maximum atomic E-state index is 10.8. The molecule has 0 aromatic carbocycles. The van der Waals surface area contributed by atoms with Gasteiger partial charge in [0.15, 0.2) is 0 Å². The zero-order valence-corrected chi connectivity index (χ0v) is 11.9. The summed E-state index contributed by atoms with van der Waals surface area (Å²) in [7, 11) is 0. The molecular weight excluding hydrogens is 224 g/mol. The molecule has 2 heteroatoms. The predicted octanol–water partition coefficient (Wildman–Crippen LogP) is 4.74. The molecule has 0 aromatic heterocycles. The van der Waals surface area contributed by atoms with E-state index in [9.17, 15) is 4.79 Å². The van der Waals surface area contributed by atoms with Crippen LogP contribution in [0.4, 0.5) is 0 Å². The van der Waals surface area contributed by atoms with Crippen LogP contribution in [-0.4, -0.2) is 11.1 Å². The third kappa shape index (κ3) is 6.43. The number of carboxylic acids is 1. The highest BCUT2D eigenvalue weighted by Crippen LogP contribution is 2.16. The SMILES string of the molecule is C=CC(CC/C=C/C/C(CC)=C(\C)CC)C(=O)O. The highest BCUT2D eigenvalue weighted by molar-refractivity contribution is 5.71. The molecule has 0 aliphatic carbocycles. The largest absolute Gasteiger partial charge is 0.481 e. The van der Waals surface area contributed by atoms with Crippen LogP contribution in [0, 0.1) is 5.92 Å². The minimum atomic E-state index is -0.783. The molecule has 0 aliphatic rings. The maximum Gasteiger partial charge on any atom is 0.310 e. The van der Waals surface area contributed by atoms with Crippen LogP contribution >= 0.6 is 0 Å². The summed E-state index contributed by atoms with van der Waals surface area (Å²) in [6.07, 6.45) is 10.4. The van der Waals surface area contributed by atoms with Gasteiger partial charge in [-0.3, -0.25) is 4.79 Å². The molecule has 102 valence electrons. The lowest BCUT2D eigenvalue weighted by atomic mass is 10.0. The summed E-state index contributed by atoms with van der Waals surface area (Å²) in [4.78, 5) is 10.8. The van der Waals surface area contributed by atoms with Crippen LogP contribution in [0.1, 0.15) is 52.9 Å². The summed E-state index contributed by atoms with van der Waals surface area (Å²) >= 11 is 0. The van der Waals surface area contributed by atoms with E-state index >= 15 is 0 Å². The number of aliphatic carboxylic acids is 1. The van der Waals surface area contributed by atoms with Crippen LogP contribution in [0.3, 0.4) is 0 Å². The van der Waals surface area contributed by atoms with Gasteiger partial charge >= 0.3 is 5.97 Å². The number of hydrogen-bond acceptors (Lipinski definition) is 1. The van der Waals surface area contributed by atoms with Crippen molar-refractivity contribution in [1.82, 2.24) is 0 Å². The van der Waals surface area contributed by atoms with E-state index in [1.54, 1.807) is 0 Å². The first-order valence-corrected chi connectivity index (χ1v) is 6.74. The van der Waals surface area contributed by atoms with Crippen molar-refractivity contribution in [2.24, 2.45) is 5.92 Å². The monoisotopic (exact) mass is 250 g/mol. The van der Waals surface area contributed by atoms with Gasteiger partial charge in [0.1, 0.15) is 0 Å². The van der Waals surface area contributed by atoms with E-state index in [1.165, 1.54) is 17.2 Å². The molecule has 0 saturated heterocycles. The summed E-state index contributed by atoms with van der Waals surface area (Å²) in [5, 5.41) is 8.86. The Morgan fingerprint density at radius 3 is 2.39 bits per heavy atom. The third-order valence-corrected chi connectivity index (χ3v) is 3.34. The Bertz CT molecular complexity index is 324. The Labute approximate surface area is 111 Å². The van der Waals surface area contributed by atoms with Crippen molar-refractivity contribution < 1.29 is 9.90 Å². The van der Waals surface area contributed by atoms with Crippen LogP contribution < -0.4 is 0 Å². The fourth-order valence-electron chi connectivity index (χ4n) is 1.83. The second-order valence-electron chi connectivity index (χ2n) is 4.52. The van der Waals surface area contributed by atoms with E-state index < -0.39 is 11.9 Å². The fourth-order valence-corrected chi connectivity index (χ4v) is 1.83. The van der Waals surface area contributed by atoms with Crippen LogP contribution in [-0.2, 0) is 4.79 Å². The number of rotatable bonds is 9. The van der Waals surface area contributed by atoms with Crippen molar-refractivity contribution >= 4 is 5.97 Å². The van der Waals surface area contributed by atoms with E-state index in [0.29, 0.717) is 6.42 Å². The molecule has 1 unspecified atom stereocenters. The summed E-state index contributed by atoms with van der Waals surface area (Å²) in [6, 6.07) is 0. The molecule has 0 bridgehead atoms. The lowest BCUT2D eigenvalue weighted by molar-refractivity contribution is -0.140. The quantitative estimate of drug-likeness (QED) is 0.600. The van der Waals surface area contributed by atoms with Gasteiger partial charge < -0.3 is 5.11 Å². The molecule has 0 rings (SSSR count). The van der Waals surface area contributed by atoms with Gasteiger partial charge in [0.25, 0.3) is 0 Å². The minimum Gasteiger partial charge on any atom is -0.481 e. The molecule has 2 nitrogen and oxygen atoms in total. The van der Waals surface area contributed by atoms with E-state index in [-0.39, 0.29) is 0 Å². The fraction of sp³-hybridized carbons (Fsp3) is 0.562. The molecule has 0 saturated carbocycles. The Hall–Kier alpha value is -1.31.